The number of rotatable bonds is 5. The molecule has 0 spiro atoms. The number of halogens is 3. The summed E-state index contributed by atoms with van der Waals surface area (Å²) in [7, 11) is 0. The van der Waals surface area contributed by atoms with Gasteiger partial charge in [0.15, 0.2) is 5.69 Å². The SMILES string of the molecule is O=C(Nc1cccc(Cl)c1SC(F)F)c1ccn(-c2ccccc2)n1. The molecule has 128 valence electrons. The lowest BCUT2D eigenvalue weighted by molar-refractivity contribution is 0.102. The Morgan fingerprint density at radius 1 is 1.12 bits per heavy atom. The van der Waals surface area contributed by atoms with Crippen molar-refractivity contribution in [2.45, 2.75) is 10.7 Å². The second-order valence-corrected chi connectivity index (χ2v) is 6.34. The Morgan fingerprint density at radius 2 is 1.88 bits per heavy atom. The Kier molecular flexibility index (Phi) is 5.35. The van der Waals surface area contributed by atoms with Crippen molar-refractivity contribution in [2.24, 2.45) is 0 Å². The van der Waals surface area contributed by atoms with Crippen molar-refractivity contribution in [3.63, 3.8) is 0 Å². The Bertz CT molecular complexity index is 887. The number of nitrogens with zero attached hydrogens (tertiary/aromatic N) is 2. The van der Waals surface area contributed by atoms with Crippen LogP contribution >= 0.6 is 23.4 Å². The van der Waals surface area contributed by atoms with Crippen molar-refractivity contribution in [1.29, 1.82) is 0 Å². The molecule has 0 radical (unpaired) electrons. The summed E-state index contributed by atoms with van der Waals surface area (Å²) >= 11 is 6.25. The van der Waals surface area contributed by atoms with E-state index in [1.54, 1.807) is 23.0 Å². The zero-order valence-electron chi connectivity index (χ0n) is 12.7. The van der Waals surface area contributed by atoms with E-state index in [1.165, 1.54) is 12.1 Å². The van der Waals surface area contributed by atoms with Crippen molar-refractivity contribution in [1.82, 2.24) is 9.78 Å². The quantitative estimate of drug-likeness (QED) is 0.628. The normalized spacial score (nSPS) is 10.9. The Hall–Kier alpha value is -2.38. The number of alkyl halides is 2. The monoisotopic (exact) mass is 379 g/mol. The lowest BCUT2D eigenvalue weighted by Crippen LogP contribution is -2.14. The fraction of sp³-hybridized carbons (Fsp3) is 0.0588. The summed E-state index contributed by atoms with van der Waals surface area (Å²) < 4.78 is 27.0. The standard InChI is InChI=1S/C17H12ClF2N3OS/c18-12-7-4-8-13(15(12)25-17(19)20)21-16(24)14-9-10-23(22-14)11-5-2-1-3-6-11/h1-10,17H,(H,21,24). The van der Waals surface area contributed by atoms with Gasteiger partial charge in [-0.3, -0.25) is 4.79 Å². The molecule has 0 fully saturated rings. The summed E-state index contributed by atoms with van der Waals surface area (Å²) in [5.41, 5.74) is 1.19. The van der Waals surface area contributed by atoms with Gasteiger partial charge in [0.05, 0.1) is 21.3 Å². The highest BCUT2D eigenvalue weighted by Gasteiger charge is 2.17. The molecular weight excluding hydrogens is 368 g/mol. The number of carbonyl (C=O) groups excluding carboxylic acids is 1. The van der Waals surface area contributed by atoms with Gasteiger partial charge in [0.1, 0.15) is 0 Å². The second-order valence-electron chi connectivity index (χ2n) is 4.93. The van der Waals surface area contributed by atoms with Gasteiger partial charge in [0, 0.05) is 6.20 Å². The highest BCUT2D eigenvalue weighted by Crippen LogP contribution is 2.37. The molecule has 0 atom stereocenters. The molecule has 1 N–H and O–H groups in total. The van der Waals surface area contributed by atoms with Crippen LogP contribution in [0.4, 0.5) is 14.5 Å². The van der Waals surface area contributed by atoms with Gasteiger partial charge in [-0.05, 0) is 30.3 Å². The zero-order chi connectivity index (χ0) is 17.8. The predicted octanol–water partition coefficient (Wildman–Crippen LogP) is 5.09. The van der Waals surface area contributed by atoms with E-state index in [0.717, 1.165) is 5.69 Å². The molecule has 1 aromatic heterocycles. The number of amides is 1. The lowest BCUT2D eigenvalue weighted by Gasteiger charge is -2.11. The molecule has 4 nitrogen and oxygen atoms in total. The molecule has 25 heavy (non-hydrogen) atoms. The molecule has 3 aromatic rings. The van der Waals surface area contributed by atoms with Crippen LogP contribution in [-0.4, -0.2) is 21.4 Å². The Balaban J connectivity index is 1.82. The number of carbonyl (C=O) groups is 1. The van der Waals surface area contributed by atoms with Gasteiger partial charge in [-0.25, -0.2) is 4.68 Å². The second kappa shape index (κ2) is 7.67. The van der Waals surface area contributed by atoms with Gasteiger partial charge in [-0.15, -0.1) is 0 Å². The average Bonchev–Trinajstić information content (AvgIpc) is 3.09. The highest BCUT2D eigenvalue weighted by molar-refractivity contribution is 7.99. The van der Waals surface area contributed by atoms with Gasteiger partial charge < -0.3 is 5.32 Å². The Morgan fingerprint density at radius 3 is 2.60 bits per heavy atom. The van der Waals surface area contributed by atoms with E-state index >= 15 is 0 Å². The number of thioether (sulfide) groups is 1. The third-order valence-electron chi connectivity index (χ3n) is 3.26. The Labute approximate surface area is 151 Å². The van der Waals surface area contributed by atoms with E-state index in [-0.39, 0.29) is 33.1 Å². The maximum atomic E-state index is 12.7. The van der Waals surface area contributed by atoms with E-state index in [2.05, 4.69) is 10.4 Å². The summed E-state index contributed by atoms with van der Waals surface area (Å²) in [4.78, 5) is 12.5. The van der Waals surface area contributed by atoms with Gasteiger partial charge in [0.2, 0.25) is 0 Å². The molecule has 2 aromatic carbocycles. The third-order valence-corrected chi connectivity index (χ3v) is 4.55. The van der Waals surface area contributed by atoms with Crippen LogP contribution in [0.2, 0.25) is 5.02 Å². The first-order valence-corrected chi connectivity index (χ1v) is 8.46. The number of benzene rings is 2. The molecule has 0 unspecified atom stereocenters. The maximum absolute atomic E-state index is 12.7. The third kappa shape index (κ3) is 4.18. The van der Waals surface area contributed by atoms with Crippen molar-refractivity contribution >= 4 is 35.0 Å². The van der Waals surface area contributed by atoms with Crippen LogP contribution in [0.3, 0.4) is 0 Å². The maximum Gasteiger partial charge on any atom is 0.289 e. The largest absolute Gasteiger partial charge is 0.319 e. The molecule has 1 heterocycles. The van der Waals surface area contributed by atoms with Gasteiger partial charge >= 0.3 is 0 Å². The first kappa shape index (κ1) is 17.4. The predicted molar refractivity (Wildman–Crippen MR) is 94.8 cm³/mol. The van der Waals surface area contributed by atoms with E-state index < -0.39 is 11.7 Å². The molecule has 0 aliphatic carbocycles. The van der Waals surface area contributed by atoms with Crippen molar-refractivity contribution in [2.75, 3.05) is 5.32 Å². The zero-order valence-corrected chi connectivity index (χ0v) is 14.3. The van der Waals surface area contributed by atoms with Crippen LogP contribution in [0.1, 0.15) is 10.5 Å². The fourth-order valence-corrected chi connectivity index (χ4v) is 3.09. The highest BCUT2D eigenvalue weighted by atomic mass is 35.5. The molecule has 8 heteroatoms. The molecule has 0 aliphatic heterocycles. The number of anilines is 1. The smallest absolute Gasteiger partial charge is 0.289 e. The summed E-state index contributed by atoms with van der Waals surface area (Å²) in [5, 5.41) is 6.94. The number of hydrogen-bond acceptors (Lipinski definition) is 3. The molecule has 3 rings (SSSR count). The number of hydrogen-bond donors (Lipinski definition) is 1. The van der Waals surface area contributed by atoms with Gasteiger partial charge in [-0.1, -0.05) is 47.6 Å². The molecule has 0 saturated carbocycles. The number of para-hydroxylation sites is 1. The summed E-state index contributed by atoms with van der Waals surface area (Å²) in [6.07, 6.45) is 1.65. The van der Waals surface area contributed by atoms with Crippen LogP contribution in [0.5, 0.6) is 0 Å². The van der Waals surface area contributed by atoms with Crippen LogP contribution in [-0.2, 0) is 0 Å². The molecule has 1 amide bonds. The number of nitrogens with one attached hydrogen (secondary N) is 1. The first-order valence-electron chi connectivity index (χ1n) is 7.20. The summed E-state index contributed by atoms with van der Waals surface area (Å²) in [6.45, 7) is 0. The van der Waals surface area contributed by atoms with E-state index in [4.69, 9.17) is 11.6 Å². The van der Waals surface area contributed by atoms with Crippen LogP contribution in [0, 0.1) is 0 Å². The molecular formula is C17H12ClF2N3OS. The fourth-order valence-electron chi connectivity index (χ4n) is 2.17. The van der Waals surface area contributed by atoms with Crippen LogP contribution < -0.4 is 5.32 Å². The lowest BCUT2D eigenvalue weighted by atomic mass is 10.3. The van der Waals surface area contributed by atoms with Gasteiger partial charge in [0.25, 0.3) is 11.7 Å². The van der Waals surface area contributed by atoms with E-state index in [9.17, 15) is 13.6 Å². The molecule has 0 bridgehead atoms. The summed E-state index contributed by atoms with van der Waals surface area (Å²) in [5.74, 6) is -3.15. The topological polar surface area (TPSA) is 46.9 Å². The number of aromatic nitrogens is 2. The summed E-state index contributed by atoms with van der Waals surface area (Å²) in [6, 6.07) is 15.4. The van der Waals surface area contributed by atoms with Crippen LogP contribution in [0.15, 0.2) is 65.7 Å². The molecule has 0 saturated heterocycles. The first-order chi connectivity index (χ1) is 12.0. The minimum atomic E-state index is -2.65. The molecule has 0 aliphatic rings. The van der Waals surface area contributed by atoms with Gasteiger partial charge in [-0.2, -0.15) is 13.9 Å². The van der Waals surface area contributed by atoms with Crippen molar-refractivity contribution in [3.8, 4) is 5.69 Å². The van der Waals surface area contributed by atoms with E-state index in [1.807, 2.05) is 30.3 Å². The van der Waals surface area contributed by atoms with Crippen molar-refractivity contribution in [3.05, 3.63) is 71.5 Å². The van der Waals surface area contributed by atoms with Crippen molar-refractivity contribution < 1.29 is 13.6 Å². The van der Waals surface area contributed by atoms with Crippen LogP contribution in [0.25, 0.3) is 5.69 Å². The minimum Gasteiger partial charge on any atom is -0.319 e. The average molecular weight is 380 g/mol. The minimum absolute atomic E-state index is 0.120. The van der Waals surface area contributed by atoms with E-state index in [0.29, 0.717) is 0 Å².